The van der Waals surface area contributed by atoms with Crippen LogP contribution in [-0.4, -0.2) is 19.7 Å². The van der Waals surface area contributed by atoms with Crippen LogP contribution in [0.25, 0.3) is 17.1 Å². The second-order valence-corrected chi connectivity index (χ2v) is 7.25. The van der Waals surface area contributed by atoms with Crippen molar-refractivity contribution in [2.24, 2.45) is 0 Å². The first kappa shape index (κ1) is 18.0. The molecule has 4 aromatic rings. The van der Waals surface area contributed by atoms with Gasteiger partial charge in [0.25, 0.3) is 0 Å². The van der Waals surface area contributed by atoms with Gasteiger partial charge in [0.1, 0.15) is 0 Å². The summed E-state index contributed by atoms with van der Waals surface area (Å²) in [6.07, 6.45) is 3.51. The van der Waals surface area contributed by atoms with E-state index in [1.165, 1.54) is 5.56 Å². The molecule has 0 unspecified atom stereocenters. The predicted molar refractivity (Wildman–Crippen MR) is 110 cm³/mol. The highest BCUT2D eigenvalue weighted by atomic mass is 32.2. The van der Waals surface area contributed by atoms with Crippen LogP contribution in [0.1, 0.15) is 16.7 Å². The Morgan fingerprint density at radius 2 is 1.64 bits per heavy atom. The van der Waals surface area contributed by atoms with Crippen molar-refractivity contribution in [1.82, 2.24) is 19.7 Å². The zero-order chi connectivity index (χ0) is 19.3. The fourth-order valence-corrected chi connectivity index (χ4v) is 3.71. The molecule has 0 amide bonds. The summed E-state index contributed by atoms with van der Waals surface area (Å²) in [6, 6.07) is 22.0. The fourth-order valence-electron chi connectivity index (χ4n) is 2.80. The molecule has 0 spiro atoms. The molecule has 5 nitrogen and oxygen atoms in total. The number of hydrogen-bond acceptors (Lipinski definition) is 5. The van der Waals surface area contributed by atoms with Gasteiger partial charge < -0.3 is 0 Å². The number of benzene rings is 2. The Balaban J connectivity index is 1.69. The molecule has 0 saturated carbocycles. The summed E-state index contributed by atoms with van der Waals surface area (Å²) in [4.78, 5) is 4.10. The summed E-state index contributed by atoms with van der Waals surface area (Å²) in [5, 5.41) is 18.7. The zero-order valence-electron chi connectivity index (χ0n) is 15.3. The average Bonchev–Trinajstić information content (AvgIpc) is 3.18. The number of nitrogens with zero attached hydrogens (tertiary/aromatic N) is 5. The Morgan fingerprint density at radius 1 is 0.929 bits per heavy atom. The molecule has 4 rings (SSSR count). The minimum atomic E-state index is 0.663. The van der Waals surface area contributed by atoms with Crippen LogP contribution >= 0.6 is 11.8 Å². The Bertz CT molecular complexity index is 1110. The van der Waals surface area contributed by atoms with Crippen LogP contribution in [0.15, 0.2) is 78.2 Å². The van der Waals surface area contributed by atoms with Crippen molar-refractivity contribution in [3.8, 4) is 23.1 Å². The fraction of sp³-hybridized carbons (Fsp3) is 0.0909. The minimum Gasteiger partial charge on any atom is -0.270 e. The lowest BCUT2D eigenvalue weighted by Gasteiger charge is -2.11. The van der Waals surface area contributed by atoms with E-state index in [1.807, 2.05) is 36.4 Å². The molecule has 6 heteroatoms. The van der Waals surface area contributed by atoms with Crippen molar-refractivity contribution in [2.45, 2.75) is 17.8 Å². The monoisotopic (exact) mass is 383 g/mol. The minimum absolute atomic E-state index is 0.663. The third-order valence-corrected chi connectivity index (χ3v) is 5.32. The molecule has 2 aromatic heterocycles. The van der Waals surface area contributed by atoms with Gasteiger partial charge in [-0.1, -0.05) is 41.6 Å². The molecule has 2 heterocycles. The highest BCUT2D eigenvalue weighted by molar-refractivity contribution is 7.98. The van der Waals surface area contributed by atoms with Crippen LogP contribution in [0.2, 0.25) is 0 Å². The summed E-state index contributed by atoms with van der Waals surface area (Å²) < 4.78 is 2.07. The van der Waals surface area contributed by atoms with E-state index in [0.29, 0.717) is 5.56 Å². The molecule has 0 fully saturated rings. The number of rotatable bonds is 5. The first-order valence-electron chi connectivity index (χ1n) is 8.79. The molecule has 0 aliphatic heterocycles. The Labute approximate surface area is 167 Å². The van der Waals surface area contributed by atoms with Crippen LogP contribution in [0.3, 0.4) is 0 Å². The quantitative estimate of drug-likeness (QED) is 0.463. The lowest BCUT2D eigenvalue weighted by Crippen LogP contribution is -2.00. The molecule has 0 bridgehead atoms. The highest BCUT2D eigenvalue weighted by Crippen LogP contribution is 2.29. The summed E-state index contributed by atoms with van der Waals surface area (Å²) in [5.41, 5.74) is 4.98. The maximum Gasteiger partial charge on any atom is 0.196 e. The SMILES string of the molecule is Cc1ccc(-n2c(SCc3ccc(C#N)cc3)nnc2-c2ccncc2)cc1. The predicted octanol–water partition coefficient (Wildman–Crippen LogP) is 4.80. The Kier molecular flexibility index (Phi) is 5.18. The summed E-state index contributed by atoms with van der Waals surface area (Å²) in [5.74, 6) is 1.53. The topological polar surface area (TPSA) is 67.4 Å². The van der Waals surface area contributed by atoms with E-state index in [9.17, 15) is 0 Å². The van der Waals surface area contributed by atoms with Gasteiger partial charge in [0.2, 0.25) is 0 Å². The van der Waals surface area contributed by atoms with Crippen molar-refractivity contribution >= 4 is 11.8 Å². The third-order valence-electron chi connectivity index (χ3n) is 4.32. The van der Waals surface area contributed by atoms with Gasteiger partial charge in [0.15, 0.2) is 11.0 Å². The van der Waals surface area contributed by atoms with E-state index < -0.39 is 0 Å². The molecule has 0 aliphatic carbocycles. The Hall–Kier alpha value is -3.43. The number of nitriles is 1. The standard InChI is InChI=1S/C22H17N5S/c1-16-2-8-20(9-3-16)27-21(19-10-12-24-13-11-19)25-26-22(27)28-15-18-6-4-17(14-23)5-7-18/h2-13H,15H2,1H3. The smallest absolute Gasteiger partial charge is 0.196 e. The summed E-state index contributed by atoms with van der Waals surface area (Å²) >= 11 is 1.62. The van der Waals surface area contributed by atoms with Crippen molar-refractivity contribution in [3.63, 3.8) is 0 Å². The van der Waals surface area contributed by atoms with E-state index in [0.717, 1.165) is 33.5 Å². The second-order valence-electron chi connectivity index (χ2n) is 6.31. The van der Waals surface area contributed by atoms with Gasteiger partial charge in [-0.15, -0.1) is 10.2 Å². The first-order valence-corrected chi connectivity index (χ1v) is 9.78. The zero-order valence-corrected chi connectivity index (χ0v) is 16.1. The molecule has 2 aromatic carbocycles. The highest BCUT2D eigenvalue weighted by Gasteiger charge is 2.16. The number of hydrogen-bond donors (Lipinski definition) is 0. The molecule has 0 N–H and O–H groups in total. The molecule has 0 aliphatic rings. The second kappa shape index (κ2) is 8.07. The van der Waals surface area contributed by atoms with Gasteiger partial charge in [-0.3, -0.25) is 9.55 Å². The summed E-state index contributed by atoms with van der Waals surface area (Å²) in [6.45, 7) is 2.07. The summed E-state index contributed by atoms with van der Waals surface area (Å²) in [7, 11) is 0. The van der Waals surface area contributed by atoms with Crippen LogP contribution in [-0.2, 0) is 5.75 Å². The maximum absolute atomic E-state index is 8.95. The van der Waals surface area contributed by atoms with E-state index in [-0.39, 0.29) is 0 Å². The van der Waals surface area contributed by atoms with Crippen LogP contribution in [0, 0.1) is 18.3 Å². The van der Waals surface area contributed by atoms with E-state index in [2.05, 4.69) is 57.0 Å². The van der Waals surface area contributed by atoms with Crippen LogP contribution in [0.5, 0.6) is 0 Å². The van der Waals surface area contributed by atoms with Gasteiger partial charge in [-0.25, -0.2) is 0 Å². The molecular formula is C22H17N5S. The lowest BCUT2D eigenvalue weighted by atomic mass is 10.2. The van der Waals surface area contributed by atoms with Gasteiger partial charge in [0, 0.05) is 29.4 Å². The van der Waals surface area contributed by atoms with E-state index in [4.69, 9.17) is 5.26 Å². The molecule has 0 saturated heterocycles. The molecule has 28 heavy (non-hydrogen) atoms. The average molecular weight is 383 g/mol. The van der Waals surface area contributed by atoms with Gasteiger partial charge in [-0.2, -0.15) is 5.26 Å². The van der Waals surface area contributed by atoms with E-state index in [1.54, 1.807) is 24.2 Å². The normalized spacial score (nSPS) is 10.6. The Morgan fingerprint density at radius 3 is 2.32 bits per heavy atom. The number of aromatic nitrogens is 4. The largest absolute Gasteiger partial charge is 0.270 e. The number of pyridine rings is 1. The van der Waals surface area contributed by atoms with Crippen molar-refractivity contribution in [1.29, 1.82) is 5.26 Å². The van der Waals surface area contributed by atoms with Crippen molar-refractivity contribution in [2.75, 3.05) is 0 Å². The molecule has 0 atom stereocenters. The van der Waals surface area contributed by atoms with Gasteiger partial charge in [-0.05, 0) is 48.9 Å². The maximum atomic E-state index is 8.95. The first-order chi connectivity index (χ1) is 13.7. The third kappa shape index (κ3) is 3.80. The van der Waals surface area contributed by atoms with Crippen molar-refractivity contribution < 1.29 is 0 Å². The molecule has 0 radical (unpaired) electrons. The van der Waals surface area contributed by atoms with Gasteiger partial charge >= 0.3 is 0 Å². The lowest BCUT2D eigenvalue weighted by molar-refractivity contribution is 0.885. The molecule has 136 valence electrons. The molecular weight excluding hydrogens is 366 g/mol. The number of aryl methyl sites for hydroxylation is 1. The van der Waals surface area contributed by atoms with Crippen molar-refractivity contribution in [3.05, 3.63) is 89.7 Å². The van der Waals surface area contributed by atoms with E-state index >= 15 is 0 Å². The van der Waals surface area contributed by atoms with Crippen LogP contribution < -0.4 is 0 Å². The van der Waals surface area contributed by atoms with Gasteiger partial charge in [0.05, 0.1) is 11.6 Å². The van der Waals surface area contributed by atoms with Crippen LogP contribution in [0.4, 0.5) is 0 Å². The number of thioether (sulfide) groups is 1.